The molecule has 108 valence electrons. The number of rotatable bonds is 7. The van der Waals surface area contributed by atoms with Crippen molar-refractivity contribution < 1.29 is 4.74 Å². The van der Waals surface area contributed by atoms with Gasteiger partial charge < -0.3 is 10.1 Å². The topological polar surface area (TPSA) is 39.1 Å². The average Bonchev–Trinajstić information content (AvgIpc) is 2.96. The molecule has 2 rings (SSSR count). The van der Waals surface area contributed by atoms with Crippen LogP contribution in [-0.2, 0) is 18.2 Å². The fourth-order valence-corrected chi connectivity index (χ4v) is 2.74. The Labute approximate surface area is 116 Å². The number of nitrogens with zero attached hydrogens (tertiary/aromatic N) is 2. The van der Waals surface area contributed by atoms with Gasteiger partial charge in [-0.3, -0.25) is 4.68 Å². The molecule has 2 heterocycles. The van der Waals surface area contributed by atoms with E-state index in [0.29, 0.717) is 11.3 Å². The molecule has 19 heavy (non-hydrogen) atoms. The van der Waals surface area contributed by atoms with Crippen LogP contribution in [0.4, 0.5) is 0 Å². The smallest absolute Gasteiger partial charge is 0.0535 e. The van der Waals surface area contributed by atoms with Crippen molar-refractivity contribution in [1.29, 1.82) is 0 Å². The summed E-state index contributed by atoms with van der Waals surface area (Å²) in [5.41, 5.74) is 1.63. The molecule has 0 radical (unpaired) electrons. The minimum absolute atomic E-state index is 0.319. The van der Waals surface area contributed by atoms with Crippen molar-refractivity contribution in [3.63, 3.8) is 0 Å². The van der Waals surface area contributed by atoms with Gasteiger partial charge in [-0.25, -0.2) is 0 Å². The van der Waals surface area contributed by atoms with Crippen LogP contribution >= 0.6 is 0 Å². The SMILES string of the molecule is CC(C)CNCC1(CCc2ccnn2C)CCOC1. The van der Waals surface area contributed by atoms with Crippen molar-refractivity contribution in [2.45, 2.75) is 33.1 Å². The molecule has 0 spiro atoms. The molecule has 0 saturated carbocycles. The second-order valence-electron chi connectivity index (χ2n) is 6.27. The average molecular weight is 265 g/mol. The van der Waals surface area contributed by atoms with Crippen molar-refractivity contribution in [3.8, 4) is 0 Å². The monoisotopic (exact) mass is 265 g/mol. The van der Waals surface area contributed by atoms with Crippen molar-refractivity contribution in [3.05, 3.63) is 18.0 Å². The van der Waals surface area contributed by atoms with Gasteiger partial charge in [0.15, 0.2) is 0 Å². The van der Waals surface area contributed by atoms with Crippen LogP contribution in [0.2, 0.25) is 0 Å². The van der Waals surface area contributed by atoms with Gasteiger partial charge in [0.1, 0.15) is 0 Å². The van der Waals surface area contributed by atoms with Gasteiger partial charge in [-0.2, -0.15) is 5.10 Å². The third-order valence-electron chi connectivity index (χ3n) is 4.07. The highest BCUT2D eigenvalue weighted by Gasteiger charge is 2.34. The molecule has 1 aliphatic rings. The summed E-state index contributed by atoms with van der Waals surface area (Å²) in [6.45, 7) is 8.47. The molecule has 1 unspecified atom stereocenters. The van der Waals surface area contributed by atoms with E-state index in [2.05, 4.69) is 30.3 Å². The van der Waals surface area contributed by atoms with Crippen LogP contribution in [0, 0.1) is 11.3 Å². The van der Waals surface area contributed by atoms with Crippen molar-refractivity contribution >= 4 is 0 Å². The Hall–Kier alpha value is -0.870. The molecule has 4 heteroatoms. The van der Waals surface area contributed by atoms with Crippen LogP contribution in [0.25, 0.3) is 0 Å². The lowest BCUT2D eigenvalue weighted by Crippen LogP contribution is -2.37. The Balaban J connectivity index is 1.86. The van der Waals surface area contributed by atoms with Crippen molar-refractivity contribution in [2.24, 2.45) is 18.4 Å². The summed E-state index contributed by atoms with van der Waals surface area (Å²) in [4.78, 5) is 0. The first-order valence-corrected chi connectivity index (χ1v) is 7.37. The summed E-state index contributed by atoms with van der Waals surface area (Å²) in [5, 5.41) is 7.85. The molecule has 0 bridgehead atoms. The fourth-order valence-electron chi connectivity index (χ4n) is 2.74. The normalized spacial score (nSPS) is 23.4. The van der Waals surface area contributed by atoms with Crippen LogP contribution in [-0.4, -0.2) is 36.1 Å². The summed E-state index contributed by atoms with van der Waals surface area (Å²) in [7, 11) is 2.02. The number of nitrogens with one attached hydrogen (secondary N) is 1. The predicted molar refractivity (Wildman–Crippen MR) is 77.1 cm³/mol. The van der Waals surface area contributed by atoms with E-state index in [1.165, 1.54) is 18.5 Å². The Morgan fingerprint density at radius 3 is 2.95 bits per heavy atom. The molecule has 0 aliphatic carbocycles. The van der Waals surface area contributed by atoms with E-state index in [1.54, 1.807) is 0 Å². The summed E-state index contributed by atoms with van der Waals surface area (Å²) in [6.07, 6.45) is 5.32. The predicted octanol–water partition coefficient (Wildman–Crippen LogP) is 2.00. The van der Waals surface area contributed by atoms with E-state index < -0.39 is 0 Å². The maximum Gasteiger partial charge on any atom is 0.0535 e. The Bertz CT molecular complexity index is 380. The standard InChI is InChI=1S/C15H27N3O/c1-13(2)10-16-11-15(7-9-19-12-15)6-4-14-5-8-17-18(14)3/h5,8,13,16H,4,6-7,9-12H2,1-3H3. The minimum atomic E-state index is 0.319. The van der Waals surface area contributed by atoms with Gasteiger partial charge in [-0.15, -0.1) is 0 Å². The lowest BCUT2D eigenvalue weighted by atomic mass is 9.82. The van der Waals surface area contributed by atoms with Gasteiger partial charge in [-0.1, -0.05) is 13.8 Å². The van der Waals surface area contributed by atoms with Gasteiger partial charge in [-0.05, 0) is 37.8 Å². The Morgan fingerprint density at radius 2 is 2.37 bits per heavy atom. The maximum absolute atomic E-state index is 5.66. The summed E-state index contributed by atoms with van der Waals surface area (Å²) in [6, 6.07) is 2.12. The van der Waals surface area contributed by atoms with Gasteiger partial charge in [0.2, 0.25) is 0 Å². The molecular formula is C15H27N3O. The van der Waals surface area contributed by atoms with Gasteiger partial charge in [0.25, 0.3) is 0 Å². The minimum Gasteiger partial charge on any atom is -0.381 e. The first kappa shape index (κ1) is 14.5. The lowest BCUT2D eigenvalue weighted by molar-refractivity contribution is 0.143. The quantitative estimate of drug-likeness (QED) is 0.819. The van der Waals surface area contributed by atoms with E-state index >= 15 is 0 Å². The van der Waals surface area contributed by atoms with Crippen LogP contribution in [0.15, 0.2) is 12.3 Å². The van der Waals surface area contributed by atoms with Gasteiger partial charge in [0.05, 0.1) is 6.61 Å². The summed E-state index contributed by atoms with van der Waals surface area (Å²) < 4.78 is 7.63. The zero-order chi connectivity index (χ0) is 13.7. The molecule has 1 fully saturated rings. The number of aromatic nitrogens is 2. The largest absolute Gasteiger partial charge is 0.381 e. The first-order valence-electron chi connectivity index (χ1n) is 7.37. The maximum atomic E-state index is 5.66. The summed E-state index contributed by atoms with van der Waals surface area (Å²) in [5.74, 6) is 0.705. The first-order chi connectivity index (χ1) is 9.11. The van der Waals surface area contributed by atoms with Crippen LogP contribution < -0.4 is 5.32 Å². The second-order valence-corrected chi connectivity index (χ2v) is 6.27. The molecule has 1 aromatic rings. The van der Waals surface area contributed by atoms with Crippen LogP contribution in [0.1, 0.15) is 32.4 Å². The lowest BCUT2D eigenvalue weighted by Gasteiger charge is -2.28. The van der Waals surface area contributed by atoms with E-state index in [-0.39, 0.29) is 0 Å². The zero-order valence-corrected chi connectivity index (χ0v) is 12.5. The number of hydrogen-bond donors (Lipinski definition) is 1. The molecule has 1 aliphatic heterocycles. The van der Waals surface area contributed by atoms with Crippen molar-refractivity contribution in [2.75, 3.05) is 26.3 Å². The van der Waals surface area contributed by atoms with E-state index in [0.717, 1.165) is 32.7 Å². The molecular weight excluding hydrogens is 238 g/mol. The fraction of sp³-hybridized carbons (Fsp3) is 0.800. The second kappa shape index (κ2) is 6.53. The molecule has 1 N–H and O–H groups in total. The molecule has 0 amide bonds. The molecule has 1 atom stereocenters. The Morgan fingerprint density at radius 1 is 1.53 bits per heavy atom. The van der Waals surface area contributed by atoms with E-state index in [9.17, 15) is 0 Å². The third kappa shape index (κ3) is 4.05. The number of aryl methyl sites for hydroxylation is 2. The van der Waals surface area contributed by atoms with E-state index in [4.69, 9.17) is 4.74 Å². The number of hydrogen-bond acceptors (Lipinski definition) is 3. The van der Waals surface area contributed by atoms with Crippen molar-refractivity contribution in [1.82, 2.24) is 15.1 Å². The highest BCUT2D eigenvalue weighted by atomic mass is 16.5. The highest BCUT2D eigenvalue weighted by Crippen LogP contribution is 2.33. The Kier molecular flexibility index (Phi) is 4.99. The van der Waals surface area contributed by atoms with Crippen LogP contribution in [0.5, 0.6) is 0 Å². The molecule has 1 saturated heterocycles. The molecule has 1 aromatic heterocycles. The molecule has 4 nitrogen and oxygen atoms in total. The summed E-state index contributed by atoms with van der Waals surface area (Å²) >= 11 is 0. The third-order valence-corrected chi connectivity index (χ3v) is 4.07. The van der Waals surface area contributed by atoms with Gasteiger partial charge in [0, 0.05) is 37.5 Å². The zero-order valence-electron chi connectivity index (χ0n) is 12.5. The molecule has 0 aromatic carbocycles. The highest BCUT2D eigenvalue weighted by molar-refractivity contribution is 5.01. The van der Waals surface area contributed by atoms with E-state index in [1.807, 2.05) is 17.9 Å². The number of ether oxygens (including phenoxy) is 1. The van der Waals surface area contributed by atoms with Gasteiger partial charge >= 0.3 is 0 Å². The van der Waals surface area contributed by atoms with Crippen LogP contribution in [0.3, 0.4) is 0 Å².